The molecule has 6 heteroatoms. The molecule has 78 valence electrons. The summed E-state index contributed by atoms with van der Waals surface area (Å²) in [6, 6.07) is 3.13. The molecule has 1 N–H and O–H groups in total. The Morgan fingerprint density at radius 1 is 1.60 bits per heavy atom. The maximum absolute atomic E-state index is 11.5. The summed E-state index contributed by atoms with van der Waals surface area (Å²) < 4.78 is 6.26. The molecule has 0 fully saturated rings. The fraction of sp³-hybridized carbons (Fsp3) is 0.222. The van der Waals surface area contributed by atoms with E-state index in [0.717, 1.165) is 0 Å². The van der Waals surface area contributed by atoms with E-state index in [-0.39, 0.29) is 5.56 Å². The van der Waals surface area contributed by atoms with Gasteiger partial charge < -0.3 is 4.74 Å². The largest absolute Gasteiger partial charge is 0.378 e. The molecule has 0 aliphatic heterocycles. The van der Waals surface area contributed by atoms with Crippen molar-refractivity contribution in [2.75, 3.05) is 7.11 Å². The van der Waals surface area contributed by atoms with Gasteiger partial charge in [-0.25, -0.2) is 14.6 Å². The second-order valence-electron chi connectivity index (χ2n) is 2.96. The molecule has 0 amide bonds. The van der Waals surface area contributed by atoms with E-state index in [1.165, 1.54) is 17.1 Å². The highest BCUT2D eigenvalue weighted by molar-refractivity contribution is 5.18. The van der Waals surface area contributed by atoms with Crippen molar-refractivity contribution in [1.82, 2.24) is 19.7 Å². The first-order valence-corrected chi connectivity index (χ1v) is 4.37. The molecule has 15 heavy (non-hydrogen) atoms. The van der Waals surface area contributed by atoms with Crippen molar-refractivity contribution in [2.45, 2.75) is 6.61 Å². The smallest absolute Gasteiger partial charge is 0.272 e. The maximum atomic E-state index is 11.5. The van der Waals surface area contributed by atoms with Gasteiger partial charge in [-0.15, -0.1) is 0 Å². The van der Waals surface area contributed by atoms with Gasteiger partial charge in [-0.3, -0.25) is 9.89 Å². The third-order valence-electron chi connectivity index (χ3n) is 1.87. The van der Waals surface area contributed by atoms with Crippen LogP contribution in [0.4, 0.5) is 0 Å². The van der Waals surface area contributed by atoms with Crippen molar-refractivity contribution in [3.63, 3.8) is 0 Å². The SMILES string of the molecule is COCc1cc(=O)n(-c2ccncn2)[nH]1. The van der Waals surface area contributed by atoms with Gasteiger partial charge in [-0.2, -0.15) is 0 Å². The molecule has 2 aromatic rings. The summed E-state index contributed by atoms with van der Waals surface area (Å²) in [4.78, 5) is 19.3. The number of nitrogens with one attached hydrogen (secondary N) is 1. The highest BCUT2D eigenvalue weighted by Gasteiger charge is 2.04. The minimum absolute atomic E-state index is 0.166. The van der Waals surface area contributed by atoms with Crippen molar-refractivity contribution in [2.24, 2.45) is 0 Å². The molecule has 2 aromatic heterocycles. The van der Waals surface area contributed by atoms with Crippen molar-refractivity contribution < 1.29 is 4.74 Å². The first kappa shape index (κ1) is 9.60. The highest BCUT2D eigenvalue weighted by atomic mass is 16.5. The molecule has 2 rings (SSSR count). The summed E-state index contributed by atoms with van der Waals surface area (Å²) in [6.07, 6.45) is 2.96. The van der Waals surface area contributed by atoms with E-state index in [0.29, 0.717) is 18.1 Å². The van der Waals surface area contributed by atoms with Gasteiger partial charge >= 0.3 is 0 Å². The molecule has 0 bridgehead atoms. The molecule has 2 heterocycles. The summed E-state index contributed by atoms with van der Waals surface area (Å²) in [6.45, 7) is 0.368. The predicted molar refractivity (Wildman–Crippen MR) is 52.7 cm³/mol. The summed E-state index contributed by atoms with van der Waals surface area (Å²) in [7, 11) is 1.57. The number of H-pyrrole nitrogens is 1. The predicted octanol–water partition coefficient (Wildman–Crippen LogP) is 0.102. The van der Waals surface area contributed by atoms with Crippen LogP contribution in [-0.4, -0.2) is 26.9 Å². The molecule has 0 aliphatic rings. The van der Waals surface area contributed by atoms with E-state index in [9.17, 15) is 4.79 Å². The van der Waals surface area contributed by atoms with E-state index >= 15 is 0 Å². The monoisotopic (exact) mass is 206 g/mol. The molecule has 0 saturated carbocycles. The van der Waals surface area contributed by atoms with Crippen molar-refractivity contribution in [1.29, 1.82) is 0 Å². The standard InChI is InChI=1S/C9H10N4O2/c1-15-5-7-4-9(14)13(12-7)8-2-3-10-6-11-8/h2-4,6,12H,5H2,1H3. The van der Waals surface area contributed by atoms with Crippen molar-refractivity contribution in [3.8, 4) is 5.82 Å². The number of hydrogen-bond acceptors (Lipinski definition) is 4. The van der Waals surface area contributed by atoms with Gasteiger partial charge in [-0.05, 0) is 0 Å². The summed E-state index contributed by atoms with van der Waals surface area (Å²) in [5, 5.41) is 2.89. The molecular formula is C9H10N4O2. The van der Waals surface area contributed by atoms with E-state index in [1.807, 2.05) is 0 Å². The Bertz CT molecular complexity index is 488. The minimum Gasteiger partial charge on any atom is -0.378 e. The lowest BCUT2D eigenvalue weighted by atomic mass is 10.5. The number of aromatic amines is 1. The van der Waals surface area contributed by atoms with Crippen LogP contribution in [0.5, 0.6) is 0 Å². The van der Waals surface area contributed by atoms with Gasteiger partial charge in [0.05, 0.1) is 12.3 Å². The normalized spacial score (nSPS) is 10.5. The number of rotatable bonds is 3. The number of hydrogen-bond donors (Lipinski definition) is 1. The Hall–Kier alpha value is -1.95. The van der Waals surface area contributed by atoms with Gasteiger partial charge in [0.2, 0.25) is 0 Å². The third kappa shape index (κ3) is 1.94. The highest BCUT2D eigenvalue weighted by Crippen LogP contribution is 1.98. The number of ether oxygens (including phenoxy) is 1. The molecule has 0 saturated heterocycles. The molecule has 0 unspecified atom stereocenters. The van der Waals surface area contributed by atoms with Gasteiger partial charge in [0, 0.05) is 25.4 Å². The van der Waals surface area contributed by atoms with Crippen molar-refractivity contribution >= 4 is 0 Å². The topological polar surface area (TPSA) is 72.8 Å². The van der Waals surface area contributed by atoms with Crippen LogP contribution in [0.25, 0.3) is 5.82 Å². The van der Waals surface area contributed by atoms with Gasteiger partial charge in [-0.1, -0.05) is 0 Å². The maximum Gasteiger partial charge on any atom is 0.272 e. The van der Waals surface area contributed by atoms with Crippen LogP contribution in [0.15, 0.2) is 29.5 Å². The number of methoxy groups -OCH3 is 1. The zero-order valence-corrected chi connectivity index (χ0v) is 8.17. The summed E-state index contributed by atoms with van der Waals surface area (Å²) in [5.74, 6) is 0.511. The van der Waals surface area contributed by atoms with Crippen LogP contribution in [0.3, 0.4) is 0 Å². The van der Waals surface area contributed by atoms with E-state index in [4.69, 9.17) is 4.74 Å². The lowest BCUT2D eigenvalue weighted by molar-refractivity contribution is 0.181. The number of aromatic nitrogens is 4. The van der Waals surface area contributed by atoms with Gasteiger partial charge in [0.1, 0.15) is 6.33 Å². The molecule has 6 nitrogen and oxygen atoms in total. The van der Waals surface area contributed by atoms with Crippen LogP contribution in [0.1, 0.15) is 5.69 Å². The summed E-state index contributed by atoms with van der Waals surface area (Å²) >= 11 is 0. The lowest BCUT2D eigenvalue weighted by Crippen LogP contribution is -2.14. The zero-order valence-electron chi connectivity index (χ0n) is 8.17. The average Bonchev–Trinajstić information content (AvgIpc) is 2.61. The van der Waals surface area contributed by atoms with E-state index in [2.05, 4.69) is 15.1 Å². The fourth-order valence-corrected chi connectivity index (χ4v) is 1.26. The molecular weight excluding hydrogens is 196 g/mol. The van der Waals surface area contributed by atoms with Crippen LogP contribution < -0.4 is 5.56 Å². The van der Waals surface area contributed by atoms with Crippen LogP contribution in [0.2, 0.25) is 0 Å². The minimum atomic E-state index is -0.166. The first-order valence-electron chi connectivity index (χ1n) is 4.37. The van der Waals surface area contributed by atoms with E-state index < -0.39 is 0 Å². The van der Waals surface area contributed by atoms with E-state index in [1.54, 1.807) is 19.4 Å². The Morgan fingerprint density at radius 2 is 2.47 bits per heavy atom. The average molecular weight is 206 g/mol. The molecule has 0 spiro atoms. The fourth-order valence-electron chi connectivity index (χ4n) is 1.26. The lowest BCUT2D eigenvalue weighted by Gasteiger charge is -1.99. The second kappa shape index (κ2) is 4.05. The van der Waals surface area contributed by atoms with Crippen LogP contribution >= 0.6 is 0 Å². The third-order valence-corrected chi connectivity index (χ3v) is 1.87. The number of nitrogens with zero attached hydrogens (tertiary/aromatic N) is 3. The first-order chi connectivity index (χ1) is 7.31. The van der Waals surface area contributed by atoms with Crippen molar-refractivity contribution in [3.05, 3.63) is 40.7 Å². The molecule has 0 radical (unpaired) electrons. The van der Waals surface area contributed by atoms with Crippen LogP contribution in [-0.2, 0) is 11.3 Å². The van der Waals surface area contributed by atoms with Crippen LogP contribution in [0, 0.1) is 0 Å². The second-order valence-corrected chi connectivity index (χ2v) is 2.96. The van der Waals surface area contributed by atoms with Gasteiger partial charge in [0.25, 0.3) is 5.56 Å². The molecule has 0 aliphatic carbocycles. The zero-order chi connectivity index (χ0) is 10.7. The Kier molecular flexibility index (Phi) is 2.59. The quantitative estimate of drug-likeness (QED) is 0.773. The Balaban J connectivity index is 2.41. The van der Waals surface area contributed by atoms with Gasteiger partial charge in [0.15, 0.2) is 5.82 Å². The Morgan fingerprint density at radius 3 is 3.13 bits per heavy atom. The molecule has 0 aromatic carbocycles. The summed E-state index contributed by atoms with van der Waals surface area (Å²) in [5.41, 5.74) is 0.543. The Labute approximate surface area is 85.5 Å². The molecule has 0 atom stereocenters.